The highest BCUT2D eigenvalue weighted by molar-refractivity contribution is 6.23. The van der Waals surface area contributed by atoms with Crippen molar-refractivity contribution in [3.63, 3.8) is 0 Å². The molecular formula is C51H47N5O10. The molecule has 0 bridgehead atoms. The highest BCUT2D eigenvalue weighted by Gasteiger charge is 2.75. The quantitative estimate of drug-likeness (QED) is 0.0654. The number of nitrogens with one attached hydrogen (secondary N) is 2. The number of imidazole rings is 1. The van der Waals surface area contributed by atoms with Gasteiger partial charge in [-0.05, 0) is 64.7 Å². The first-order chi connectivity index (χ1) is 32.3. The first kappa shape index (κ1) is 43.9. The zero-order valence-electron chi connectivity index (χ0n) is 36.0. The van der Waals surface area contributed by atoms with Gasteiger partial charge in [0, 0.05) is 19.1 Å². The first-order valence-electron chi connectivity index (χ1n) is 21.7. The fourth-order valence-corrected chi connectivity index (χ4v) is 9.74. The van der Waals surface area contributed by atoms with Gasteiger partial charge in [-0.2, -0.15) is 0 Å². The Morgan fingerprint density at radius 1 is 0.833 bits per heavy atom. The van der Waals surface area contributed by atoms with Crippen LogP contribution in [0.2, 0.25) is 0 Å². The normalized spacial score (nSPS) is 22.0. The number of aromatic amines is 1. The molecule has 3 amide bonds. The summed E-state index contributed by atoms with van der Waals surface area (Å²) < 4.78 is 23.2. The van der Waals surface area contributed by atoms with Gasteiger partial charge in [-0.25, -0.2) is 14.7 Å². The first-order valence-corrected chi connectivity index (χ1v) is 21.7. The predicted molar refractivity (Wildman–Crippen MR) is 241 cm³/mol. The van der Waals surface area contributed by atoms with Gasteiger partial charge in [0.05, 0.1) is 61.1 Å². The smallest absolute Gasteiger partial charge is 0.421 e. The lowest BCUT2D eigenvalue weighted by molar-refractivity contribution is -0.178. The molecule has 1 aromatic heterocycles. The highest BCUT2D eigenvalue weighted by Crippen LogP contribution is 2.66. The molecule has 6 aromatic rings. The zero-order valence-corrected chi connectivity index (χ0v) is 36.0. The highest BCUT2D eigenvalue weighted by atomic mass is 16.6. The molecule has 6 atom stereocenters. The van der Waals surface area contributed by atoms with Crippen LogP contribution in [0.5, 0.6) is 5.75 Å². The SMILES string of the molecule is COCCOC(=O)N1C(=O)[C@@]2(c3cc(C#CCCO)ccc31)[C@H](c1ccc(OCCO)cc1)N1[C@H](c3ccccc3)[C@H](c3ccccc3)OC(=O)[C@H]1[C@@H]2C(=O)NCc1nc2ccccc2[nH]1. The van der Waals surface area contributed by atoms with Crippen LogP contribution in [0.15, 0.2) is 127 Å². The molecule has 9 rings (SSSR count). The van der Waals surface area contributed by atoms with E-state index in [9.17, 15) is 15.0 Å². The van der Waals surface area contributed by atoms with Crippen LogP contribution in [0.1, 0.15) is 58.3 Å². The summed E-state index contributed by atoms with van der Waals surface area (Å²) in [5.74, 6) is 3.10. The molecule has 2 fully saturated rings. The summed E-state index contributed by atoms with van der Waals surface area (Å²) in [6, 6.07) is 34.6. The van der Waals surface area contributed by atoms with Gasteiger partial charge < -0.3 is 39.5 Å². The summed E-state index contributed by atoms with van der Waals surface area (Å²) >= 11 is 0. The lowest BCUT2D eigenvalue weighted by atomic mass is 9.65. The van der Waals surface area contributed by atoms with Crippen LogP contribution in [-0.4, -0.2) is 95.1 Å². The molecule has 15 nitrogen and oxygen atoms in total. The number of rotatable bonds is 13. The van der Waals surface area contributed by atoms with Crippen LogP contribution in [0.3, 0.4) is 0 Å². The lowest BCUT2D eigenvalue weighted by Gasteiger charge is -2.46. The number of ether oxygens (including phenoxy) is 4. The number of hydrogen-bond donors (Lipinski definition) is 4. The number of aromatic nitrogens is 2. The topological polar surface area (TPSA) is 193 Å². The van der Waals surface area contributed by atoms with E-state index in [1.165, 1.54) is 7.11 Å². The number of esters is 1. The molecule has 66 heavy (non-hydrogen) atoms. The molecule has 1 spiro atoms. The molecule has 3 aliphatic heterocycles. The van der Waals surface area contributed by atoms with E-state index in [4.69, 9.17) is 18.9 Å². The van der Waals surface area contributed by atoms with Crippen molar-refractivity contribution in [2.45, 2.75) is 42.6 Å². The minimum atomic E-state index is -2.06. The van der Waals surface area contributed by atoms with Crippen LogP contribution in [-0.2, 0) is 40.6 Å². The molecule has 4 N–H and O–H groups in total. The standard InChI is InChI=1S/C51H47N5O10/c1-63-28-29-65-50(62)55-40-24-19-32(12-10-11-25-57)30-37(40)51(49(55)61)42(47(59)52-31-41-53-38-17-8-9-18-39(38)54-41)44-48(60)66-45(34-15-6-3-7-16-34)43(33-13-4-2-5-14-33)56(44)46(51)35-20-22-36(23-21-35)64-27-26-58/h2-9,13-24,30,42-46,57-58H,11,25-29,31H2,1H3,(H,52,59)(H,53,54)/t42-,43-,44-,45+,46+,51-/m1/s1. The predicted octanol–water partition coefficient (Wildman–Crippen LogP) is 5.43. The molecule has 4 heterocycles. The van der Waals surface area contributed by atoms with Crippen molar-refractivity contribution < 1.29 is 48.3 Å². The number of carbonyl (C=O) groups excluding carboxylic acids is 4. The number of methoxy groups -OCH3 is 1. The average molecular weight is 890 g/mol. The van der Waals surface area contributed by atoms with Gasteiger partial charge in [0.2, 0.25) is 11.8 Å². The summed E-state index contributed by atoms with van der Waals surface area (Å²) in [6.45, 7) is -0.609. The van der Waals surface area contributed by atoms with Crippen molar-refractivity contribution in [2.75, 3.05) is 45.0 Å². The second kappa shape index (κ2) is 19.0. The lowest BCUT2D eigenvalue weighted by Crippen LogP contribution is -2.55. The van der Waals surface area contributed by atoms with E-state index in [2.05, 4.69) is 27.1 Å². The molecule has 0 saturated carbocycles. The second-order valence-corrected chi connectivity index (χ2v) is 16.1. The molecule has 15 heteroatoms. The number of aliphatic hydroxyl groups is 2. The third kappa shape index (κ3) is 7.83. The minimum Gasteiger partial charge on any atom is -0.491 e. The van der Waals surface area contributed by atoms with E-state index in [0.29, 0.717) is 33.8 Å². The number of H-pyrrole nitrogens is 1. The molecule has 336 valence electrons. The van der Waals surface area contributed by atoms with Crippen LogP contribution < -0.4 is 15.0 Å². The number of benzene rings is 5. The summed E-state index contributed by atoms with van der Waals surface area (Å²) in [4.78, 5) is 72.4. The van der Waals surface area contributed by atoms with Gasteiger partial charge in [-0.15, -0.1) is 0 Å². The number of cyclic esters (lactones) is 1. The molecule has 0 radical (unpaired) electrons. The number of anilines is 1. The minimum absolute atomic E-state index is 0.0289. The van der Waals surface area contributed by atoms with Gasteiger partial charge in [0.1, 0.15) is 42.3 Å². The number of para-hydroxylation sites is 2. The Hall–Kier alpha value is -7.35. The maximum atomic E-state index is 16.3. The summed E-state index contributed by atoms with van der Waals surface area (Å²) in [7, 11) is 1.46. The Morgan fingerprint density at radius 2 is 1.56 bits per heavy atom. The summed E-state index contributed by atoms with van der Waals surface area (Å²) in [6.07, 6.45) is -1.76. The van der Waals surface area contributed by atoms with E-state index in [1.807, 2.05) is 89.8 Å². The number of hydrogen-bond acceptors (Lipinski definition) is 12. The molecule has 0 aliphatic carbocycles. The molecule has 2 saturated heterocycles. The molecule has 5 aromatic carbocycles. The number of morpholine rings is 1. The van der Waals surface area contributed by atoms with Crippen LogP contribution in [0, 0.1) is 17.8 Å². The summed E-state index contributed by atoms with van der Waals surface area (Å²) in [5, 5.41) is 22.2. The van der Waals surface area contributed by atoms with Crippen LogP contribution >= 0.6 is 0 Å². The average Bonchev–Trinajstić information content (AvgIpc) is 3.99. The van der Waals surface area contributed by atoms with Crippen LogP contribution in [0.4, 0.5) is 10.5 Å². The third-order valence-electron chi connectivity index (χ3n) is 12.3. The number of imide groups is 1. The van der Waals surface area contributed by atoms with Crippen molar-refractivity contribution in [3.8, 4) is 17.6 Å². The third-order valence-corrected chi connectivity index (χ3v) is 12.3. The van der Waals surface area contributed by atoms with E-state index in [-0.39, 0.29) is 57.3 Å². The maximum absolute atomic E-state index is 16.3. The number of fused-ring (bicyclic) bond motifs is 4. The number of amides is 3. The van der Waals surface area contributed by atoms with Crippen molar-refractivity contribution in [3.05, 3.63) is 161 Å². The van der Waals surface area contributed by atoms with E-state index in [0.717, 1.165) is 16.0 Å². The second-order valence-electron chi connectivity index (χ2n) is 16.1. The fraction of sp³-hybridized carbons (Fsp3) is 0.275. The van der Waals surface area contributed by atoms with Crippen molar-refractivity contribution in [1.82, 2.24) is 20.2 Å². The van der Waals surface area contributed by atoms with Crippen molar-refractivity contribution >= 4 is 40.6 Å². The van der Waals surface area contributed by atoms with Gasteiger partial charge in [-0.3, -0.25) is 19.3 Å². The fourth-order valence-electron chi connectivity index (χ4n) is 9.74. The molecule has 3 aliphatic rings. The maximum Gasteiger partial charge on any atom is 0.421 e. The van der Waals surface area contributed by atoms with E-state index < -0.39 is 59.4 Å². The van der Waals surface area contributed by atoms with E-state index in [1.54, 1.807) is 42.5 Å². The largest absolute Gasteiger partial charge is 0.491 e. The number of nitrogens with zero attached hydrogens (tertiary/aromatic N) is 3. The Morgan fingerprint density at radius 3 is 2.27 bits per heavy atom. The molecular weight excluding hydrogens is 843 g/mol. The van der Waals surface area contributed by atoms with Crippen molar-refractivity contribution in [2.24, 2.45) is 5.92 Å². The zero-order chi connectivity index (χ0) is 45.8. The van der Waals surface area contributed by atoms with Gasteiger partial charge in [0.15, 0.2) is 0 Å². The van der Waals surface area contributed by atoms with Gasteiger partial charge in [0.25, 0.3) is 0 Å². The molecule has 0 unspecified atom stereocenters. The van der Waals surface area contributed by atoms with E-state index >= 15 is 14.4 Å². The van der Waals surface area contributed by atoms with Gasteiger partial charge in [-0.1, -0.05) is 96.8 Å². The Kier molecular flexibility index (Phi) is 12.6. The Bertz CT molecular complexity index is 2780. The summed E-state index contributed by atoms with van der Waals surface area (Å²) in [5.41, 5.74) is 2.14. The van der Waals surface area contributed by atoms with Crippen LogP contribution in [0.25, 0.3) is 11.0 Å². The number of aliphatic hydroxyl groups excluding tert-OH is 2. The Labute approximate surface area is 380 Å². The van der Waals surface area contributed by atoms with Gasteiger partial charge >= 0.3 is 12.1 Å². The van der Waals surface area contributed by atoms with Crippen molar-refractivity contribution in [1.29, 1.82) is 0 Å². The Balaban J connectivity index is 1.32. The number of carbonyl (C=O) groups is 4. The monoisotopic (exact) mass is 889 g/mol.